The topological polar surface area (TPSA) is 138 Å². The van der Waals surface area contributed by atoms with Crippen molar-refractivity contribution in [3.8, 4) is 5.88 Å². The van der Waals surface area contributed by atoms with Crippen molar-refractivity contribution >= 4 is 40.0 Å². The van der Waals surface area contributed by atoms with E-state index in [0.717, 1.165) is 22.0 Å². The molecule has 2 heterocycles. The summed E-state index contributed by atoms with van der Waals surface area (Å²) in [5.41, 5.74) is 10.6. The van der Waals surface area contributed by atoms with Crippen LogP contribution < -0.4 is 16.4 Å². The van der Waals surface area contributed by atoms with Crippen LogP contribution in [0.25, 0.3) is 10.9 Å². The summed E-state index contributed by atoms with van der Waals surface area (Å²) in [5.74, 6) is -0.481. The predicted octanol–water partition coefficient (Wildman–Crippen LogP) is 4.77. The Morgan fingerprint density at radius 3 is 2.51 bits per heavy atom. The number of H-pyrrole nitrogens is 1. The van der Waals surface area contributed by atoms with E-state index in [9.17, 15) is 14.7 Å². The van der Waals surface area contributed by atoms with Crippen molar-refractivity contribution in [1.29, 1.82) is 0 Å². The number of nitrogens with one attached hydrogen (secondary N) is 3. The number of anilines is 3. The van der Waals surface area contributed by atoms with Crippen LogP contribution >= 0.6 is 0 Å². The van der Waals surface area contributed by atoms with Gasteiger partial charge in [-0.2, -0.15) is 4.98 Å². The number of fused-ring (bicyclic) bond motifs is 1. The quantitative estimate of drug-likeness (QED) is 0.207. The van der Waals surface area contributed by atoms with E-state index >= 15 is 0 Å². The molecule has 6 N–H and O–H groups in total. The highest BCUT2D eigenvalue weighted by Crippen LogP contribution is 2.28. The van der Waals surface area contributed by atoms with Crippen LogP contribution in [-0.4, -0.2) is 31.5 Å². The van der Waals surface area contributed by atoms with E-state index in [4.69, 9.17) is 5.73 Å². The largest absolute Gasteiger partial charge is 0.492 e. The molecule has 37 heavy (non-hydrogen) atoms. The first-order valence-corrected chi connectivity index (χ1v) is 11.8. The Bertz CT molecular complexity index is 1600. The van der Waals surface area contributed by atoms with Crippen molar-refractivity contribution in [1.82, 2.24) is 14.5 Å². The number of aromatic nitrogens is 3. The number of aromatic hydroxyl groups is 1. The summed E-state index contributed by atoms with van der Waals surface area (Å²) in [4.78, 5) is 32.5. The molecule has 0 aliphatic rings. The molecule has 2 aromatic heterocycles. The minimum atomic E-state index is -0.267. The Morgan fingerprint density at radius 1 is 1.03 bits per heavy atom. The monoisotopic (exact) mass is 494 g/mol. The molecule has 0 atom stereocenters. The van der Waals surface area contributed by atoms with Crippen LogP contribution in [0.15, 0.2) is 79.0 Å². The van der Waals surface area contributed by atoms with Gasteiger partial charge in [-0.1, -0.05) is 42.5 Å². The summed E-state index contributed by atoms with van der Waals surface area (Å²) in [6.07, 6.45) is 2.21. The smallest absolute Gasteiger partial charge is 0.255 e. The second-order valence-electron chi connectivity index (χ2n) is 8.69. The number of hydrogen-bond acceptors (Lipinski definition) is 6. The molecule has 0 saturated carbocycles. The molecule has 9 heteroatoms. The number of carbonyl (C=O) groups excluding carboxylic acids is 2. The first-order chi connectivity index (χ1) is 17.9. The van der Waals surface area contributed by atoms with E-state index in [1.54, 1.807) is 36.4 Å². The van der Waals surface area contributed by atoms with Gasteiger partial charge in [0.05, 0.1) is 17.1 Å². The van der Waals surface area contributed by atoms with E-state index in [-0.39, 0.29) is 23.6 Å². The number of nitrogens with two attached hydrogens (primary N) is 1. The van der Waals surface area contributed by atoms with Gasteiger partial charge in [-0.15, -0.1) is 0 Å². The second-order valence-corrected chi connectivity index (χ2v) is 8.69. The van der Waals surface area contributed by atoms with Crippen LogP contribution in [0.4, 0.5) is 17.3 Å². The third-order valence-electron chi connectivity index (χ3n) is 6.18. The lowest BCUT2D eigenvalue weighted by atomic mass is 10.1. The van der Waals surface area contributed by atoms with Crippen molar-refractivity contribution in [3.05, 3.63) is 101 Å². The number of amides is 1. The summed E-state index contributed by atoms with van der Waals surface area (Å²) in [6.45, 7) is 1.77. The maximum absolute atomic E-state index is 12.6. The van der Waals surface area contributed by atoms with Crippen molar-refractivity contribution < 1.29 is 14.7 Å². The molecule has 186 valence electrons. The van der Waals surface area contributed by atoms with Gasteiger partial charge in [-0.25, -0.2) is 4.57 Å². The number of para-hydroxylation sites is 3. The third kappa shape index (κ3) is 4.87. The molecule has 0 radical (unpaired) electrons. The van der Waals surface area contributed by atoms with Gasteiger partial charge in [0, 0.05) is 42.6 Å². The molecule has 0 aliphatic carbocycles. The molecule has 5 aromatic rings. The molecule has 5 rings (SSSR count). The van der Waals surface area contributed by atoms with Gasteiger partial charge in [-0.3, -0.25) is 9.59 Å². The minimum absolute atomic E-state index is 0.199. The average molecular weight is 495 g/mol. The minimum Gasteiger partial charge on any atom is -0.492 e. The molecule has 0 bridgehead atoms. The fourth-order valence-corrected chi connectivity index (χ4v) is 4.28. The van der Waals surface area contributed by atoms with E-state index in [1.807, 2.05) is 42.6 Å². The Labute approximate surface area is 213 Å². The molecule has 0 unspecified atom stereocenters. The Hall–Kier alpha value is -5.05. The molecule has 9 nitrogen and oxygen atoms in total. The average Bonchev–Trinajstić information content (AvgIpc) is 3.45. The SMILES string of the molecule is CC(=O)n1c(NCc2ccc(C(=O)Nc3ccccc3N)cc2)nc(O)c1Cc1c[nH]c2ccccc12. The maximum Gasteiger partial charge on any atom is 0.255 e. The highest BCUT2D eigenvalue weighted by molar-refractivity contribution is 6.05. The number of benzene rings is 3. The summed E-state index contributed by atoms with van der Waals surface area (Å²) in [6, 6.07) is 22.0. The van der Waals surface area contributed by atoms with Crippen LogP contribution in [-0.2, 0) is 13.0 Å². The van der Waals surface area contributed by atoms with Crippen LogP contribution in [0.3, 0.4) is 0 Å². The van der Waals surface area contributed by atoms with E-state index in [2.05, 4.69) is 20.6 Å². The number of rotatable bonds is 7. The van der Waals surface area contributed by atoms with Crippen molar-refractivity contribution in [2.24, 2.45) is 0 Å². The zero-order chi connectivity index (χ0) is 25.9. The normalized spacial score (nSPS) is 10.9. The summed E-state index contributed by atoms with van der Waals surface area (Å²) >= 11 is 0. The first kappa shape index (κ1) is 23.7. The van der Waals surface area contributed by atoms with E-state index in [1.165, 1.54) is 11.5 Å². The molecular formula is C28H26N6O3. The van der Waals surface area contributed by atoms with E-state index < -0.39 is 0 Å². The van der Waals surface area contributed by atoms with Gasteiger partial charge in [-0.05, 0) is 41.5 Å². The number of carbonyl (C=O) groups is 2. The first-order valence-electron chi connectivity index (χ1n) is 11.8. The molecule has 0 spiro atoms. The Morgan fingerprint density at radius 2 is 1.76 bits per heavy atom. The molecule has 1 amide bonds. The molecule has 0 aliphatic heterocycles. The van der Waals surface area contributed by atoms with Crippen molar-refractivity contribution in [3.63, 3.8) is 0 Å². The maximum atomic E-state index is 12.6. The zero-order valence-corrected chi connectivity index (χ0v) is 20.2. The summed E-state index contributed by atoms with van der Waals surface area (Å²) in [7, 11) is 0. The second kappa shape index (κ2) is 9.90. The Balaban J connectivity index is 1.30. The van der Waals surface area contributed by atoms with Crippen LogP contribution in [0, 0.1) is 0 Å². The number of hydrogen-bond donors (Lipinski definition) is 5. The van der Waals surface area contributed by atoms with Gasteiger partial charge in [0.25, 0.3) is 5.91 Å². The lowest BCUT2D eigenvalue weighted by molar-refractivity contribution is 0.0934. The van der Waals surface area contributed by atoms with E-state index in [0.29, 0.717) is 35.6 Å². The van der Waals surface area contributed by atoms with Gasteiger partial charge in [0.15, 0.2) is 0 Å². The number of nitrogen functional groups attached to an aromatic ring is 1. The van der Waals surface area contributed by atoms with Crippen molar-refractivity contribution in [2.45, 2.75) is 19.9 Å². The lowest BCUT2D eigenvalue weighted by Crippen LogP contribution is -2.15. The molecule has 0 saturated heterocycles. The predicted molar refractivity (Wildman–Crippen MR) is 144 cm³/mol. The molecule has 3 aromatic carbocycles. The van der Waals surface area contributed by atoms with Gasteiger partial charge < -0.3 is 26.5 Å². The summed E-state index contributed by atoms with van der Waals surface area (Å²) < 4.78 is 1.39. The highest BCUT2D eigenvalue weighted by atomic mass is 16.3. The molecular weight excluding hydrogens is 468 g/mol. The van der Waals surface area contributed by atoms with Crippen LogP contribution in [0.1, 0.15) is 38.9 Å². The fourth-order valence-electron chi connectivity index (χ4n) is 4.28. The highest BCUT2D eigenvalue weighted by Gasteiger charge is 2.21. The number of aromatic amines is 1. The zero-order valence-electron chi connectivity index (χ0n) is 20.2. The number of imidazole rings is 1. The third-order valence-corrected chi connectivity index (χ3v) is 6.18. The summed E-state index contributed by atoms with van der Waals surface area (Å²) in [5, 5.41) is 17.5. The van der Waals surface area contributed by atoms with Gasteiger partial charge in [0.1, 0.15) is 0 Å². The van der Waals surface area contributed by atoms with Crippen LogP contribution in [0.5, 0.6) is 5.88 Å². The van der Waals surface area contributed by atoms with Gasteiger partial charge >= 0.3 is 0 Å². The Kier molecular flexibility index (Phi) is 6.34. The lowest BCUT2D eigenvalue weighted by Gasteiger charge is -2.11. The number of nitrogens with zero attached hydrogens (tertiary/aromatic N) is 2. The van der Waals surface area contributed by atoms with Crippen molar-refractivity contribution in [2.75, 3.05) is 16.4 Å². The standard InChI is InChI=1S/C28H26N6O3/c1-17(35)34-25(14-20-16-30-23-8-4-2-6-21(20)23)27(37)33-28(34)31-15-18-10-12-19(13-11-18)26(36)32-24-9-5-3-7-22(24)29/h2-13,16,30,37H,14-15,29H2,1H3,(H,31,33)(H,32,36). The fraction of sp³-hybridized carbons (Fsp3) is 0.107. The van der Waals surface area contributed by atoms with Crippen LogP contribution in [0.2, 0.25) is 0 Å². The molecule has 0 fully saturated rings. The van der Waals surface area contributed by atoms with Gasteiger partial charge in [0.2, 0.25) is 17.7 Å².